The van der Waals surface area contributed by atoms with Crippen LogP contribution >= 0.6 is 0 Å². The van der Waals surface area contributed by atoms with E-state index in [1.807, 2.05) is 0 Å². The van der Waals surface area contributed by atoms with Crippen molar-refractivity contribution in [1.29, 1.82) is 0 Å². The highest BCUT2D eigenvalue weighted by Gasteiger charge is 2.21. The maximum absolute atomic E-state index is 3.60. The first-order valence-corrected chi connectivity index (χ1v) is 18.3. The number of hydrogen-bond acceptors (Lipinski definition) is 2. The summed E-state index contributed by atoms with van der Waals surface area (Å²) in [6.45, 7) is 16.0. The summed E-state index contributed by atoms with van der Waals surface area (Å²) in [5, 5.41) is 6.09. The molecular weight excluding hydrogens is 593 g/mol. The molecule has 254 valence electrons. The minimum atomic E-state index is 0.161. The third kappa shape index (κ3) is 9.12. The molecule has 0 heterocycles. The van der Waals surface area contributed by atoms with E-state index in [4.69, 9.17) is 0 Å². The molecule has 0 aromatic heterocycles. The highest BCUT2D eigenvalue weighted by atomic mass is 15.1. The molecule has 0 saturated heterocycles. The van der Waals surface area contributed by atoms with Gasteiger partial charge in [0.1, 0.15) is 0 Å². The van der Waals surface area contributed by atoms with Gasteiger partial charge in [0.05, 0.1) is 0 Å². The fraction of sp³-hybridized carbons (Fsp3) is 0.319. The number of hydrogen-bond donors (Lipinski definition) is 1. The Kier molecular flexibility index (Phi) is 11.8. The molecular formula is C47H56N2. The fourth-order valence-electron chi connectivity index (χ4n) is 6.84. The number of unbranched alkanes of at least 4 members (excludes halogenated alkanes) is 1. The third-order valence-electron chi connectivity index (χ3n) is 10.0. The molecule has 5 aromatic carbocycles. The third-order valence-corrected chi connectivity index (χ3v) is 10.0. The predicted octanol–water partition coefficient (Wildman–Crippen LogP) is 14.0. The standard InChI is InChI=1S/C47H56N2/c1-8-11-34-47(6,7)39-22-26-42(27-23-39)48-41(10-3)18-14-15-36-19-28-43(29-20-36)49(45-30-21-37-16-12-13-17-38(37)35-45)44-31-24-40(25-32-44)46(4,5)33-9-2/h10,12-14,16-32,35,48H,8-9,11,15,33-34H2,1-7H3/b18-14-,41-10+. The highest BCUT2D eigenvalue weighted by molar-refractivity contribution is 5.89. The summed E-state index contributed by atoms with van der Waals surface area (Å²) in [5.41, 5.74) is 10.1. The van der Waals surface area contributed by atoms with Gasteiger partial charge >= 0.3 is 0 Å². The predicted molar refractivity (Wildman–Crippen MR) is 216 cm³/mol. The van der Waals surface area contributed by atoms with Crippen molar-refractivity contribution in [1.82, 2.24) is 0 Å². The van der Waals surface area contributed by atoms with E-state index >= 15 is 0 Å². The van der Waals surface area contributed by atoms with Gasteiger partial charge in [-0.3, -0.25) is 0 Å². The van der Waals surface area contributed by atoms with Crippen molar-refractivity contribution in [2.24, 2.45) is 0 Å². The molecule has 0 unspecified atom stereocenters. The molecule has 0 fully saturated rings. The molecule has 0 bridgehead atoms. The van der Waals surface area contributed by atoms with E-state index in [-0.39, 0.29) is 10.8 Å². The molecule has 2 nitrogen and oxygen atoms in total. The maximum atomic E-state index is 3.60. The van der Waals surface area contributed by atoms with Crippen molar-refractivity contribution < 1.29 is 0 Å². The molecule has 0 atom stereocenters. The van der Waals surface area contributed by atoms with E-state index in [2.05, 4.69) is 192 Å². The summed E-state index contributed by atoms with van der Waals surface area (Å²) in [7, 11) is 0. The number of benzene rings is 5. The van der Waals surface area contributed by atoms with Crippen LogP contribution in [0.4, 0.5) is 22.7 Å². The van der Waals surface area contributed by atoms with Crippen LogP contribution in [0.2, 0.25) is 0 Å². The molecule has 1 N–H and O–H groups in total. The summed E-state index contributed by atoms with van der Waals surface area (Å²) in [6.07, 6.45) is 13.5. The van der Waals surface area contributed by atoms with Gasteiger partial charge in [0, 0.05) is 28.4 Å². The number of allylic oxidation sites excluding steroid dienone is 3. The van der Waals surface area contributed by atoms with Crippen LogP contribution < -0.4 is 10.2 Å². The van der Waals surface area contributed by atoms with Crippen LogP contribution in [-0.4, -0.2) is 0 Å². The molecule has 49 heavy (non-hydrogen) atoms. The second kappa shape index (κ2) is 16.2. The Bertz CT molecular complexity index is 1840. The molecule has 0 amide bonds. The van der Waals surface area contributed by atoms with Gasteiger partial charge in [0.25, 0.3) is 0 Å². The van der Waals surface area contributed by atoms with Crippen LogP contribution in [0.15, 0.2) is 139 Å². The Balaban J connectivity index is 1.31. The average Bonchev–Trinajstić information content (AvgIpc) is 3.11. The number of nitrogens with zero attached hydrogens (tertiary/aromatic N) is 1. The van der Waals surface area contributed by atoms with Gasteiger partial charge in [0.2, 0.25) is 0 Å². The second-order valence-corrected chi connectivity index (χ2v) is 14.8. The zero-order valence-corrected chi connectivity index (χ0v) is 30.9. The molecule has 2 heteroatoms. The monoisotopic (exact) mass is 648 g/mol. The lowest BCUT2D eigenvalue weighted by atomic mass is 9.80. The Morgan fingerprint density at radius 1 is 0.633 bits per heavy atom. The average molecular weight is 649 g/mol. The van der Waals surface area contributed by atoms with E-state index in [0.29, 0.717) is 0 Å². The van der Waals surface area contributed by atoms with Gasteiger partial charge in [-0.2, -0.15) is 0 Å². The number of fused-ring (bicyclic) bond motifs is 1. The number of anilines is 4. The molecule has 5 rings (SSSR count). The van der Waals surface area contributed by atoms with Crippen LogP contribution in [0.1, 0.15) is 97.3 Å². The summed E-state index contributed by atoms with van der Waals surface area (Å²) >= 11 is 0. The Hall–Kier alpha value is -4.56. The zero-order valence-electron chi connectivity index (χ0n) is 30.9. The minimum absolute atomic E-state index is 0.161. The van der Waals surface area contributed by atoms with Crippen LogP contribution in [0.25, 0.3) is 10.8 Å². The van der Waals surface area contributed by atoms with E-state index in [1.165, 1.54) is 65.3 Å². The van der Waals surface area contributed by atoms with E-state index in [0.717, 1.165) is 29.2 Å². The van der Waals surface area contributed by atoms with Gasteiger partial charge in [-0.15, -0.1) is 0 Å². The summed E-state index contributed by atoms with van der Waals surface area (Å²) < 4.78 is 0. The molecule has 0 spiro atoms. The molecule has 0 radical (unpaired) electrons. The second-order valence-electron chi connectivity index (χ2n) is 14.8. The summed E-state index contributed by atoms with van der Waals surface area (Å²) in [6, 6.07) is 42.5. The topological polar surface area (TPSA) is 15.3 Å². The molecule has 5 aromatic rings. The molecule has 0 aliphatic heterocycles. The summed E-state index contributed by atoms with van der Waals surface area (Å²) in [5.74, 6) is 0. The normalized spacial score (nSPS) is 12.5. The number of nitrogens with one attached hydrogen (secondary N) is 1. The van der Waals surface area contributed by atoms with Crippen molar-refractivity contribution in [3.63, 3.8) is 0 Å². The van der Waals surface area contributed by atoms with Crippen molar-refractivity contribution in [3.8, 4) is 0 Å². The summed E-state index contributed by atoms with van der Waals surface area (Å²) in [4.78, 5) is 2.38. The van der Waals surface area contributed by atoms with Gasteiger partial charge < -0.3 is 10.2 Å². The first-order chi connectivity index (χ1) is 23.6. The van der Waals surface area contributed by atoms with E-state index < -0.39 is 0 Å². The number of rotatable bonds is 15. The Morgan fingerprint density at radius 3 is 1.82 bits per heavy atom. The lowest BCUT2D eigenvalue weighted by Gasteiger charge is -2.28. The molecule has 0 aliphatic carbocycles. The highest BCUT2D eigenvalue weighted by Crippen LogP contribution is 2.38. The quantitative estimate of drug-likeness (QED) is 0.114. The van der Waals surface area contributed by atoms with Crippen LogP contribution in [0.5, 0.6) is 0 Å². The smallest absolute Gasteiger partial charge is 0.0468 e. The minimum Gasteiger partial charge on any atom is -0.356 e. The van der Waals surface area contributed by atoms with Gasteiger partial charge in [0.15, 0.2) is 0 Å². The lowest BCUT2D eigenvalue weighted by Crippen LogP contribution is -2.17. The van der Waals surface area contributed by atoms with E-state index in [1.54, 1.807) is 0 Å². The van der Waals surface area contributed by atoms with E-state index in [9.17, 15) is 0 Å². The fourth-order valence-corrected chi connectivity index (χ4v) is 6.84. The van der Waals surface area contributed by atoms with Crippen LogP contribution in [0, 0.1) is 0 Å². The van der Waals surface area contributed by atoms with Gasteiger partial charge in [-0.25, -0.2) is 0 Å². The van der Waals surface area contributed by atoms with Crippen LogP contribution in [0.3, 0.4) is 0 Å². The molecule has 0 aliphatic rings. The maximum Gasteiger partial charge on any atom is 0.0468 e. The molecule has 0 saturated carbocycles. The lowest BCUT2D eigenvalue weighted by molar-refractivity contribution is 0.458. The Labute approximate surface area is 296 Å². The van der Waals surface area contributed by atoms with Crippen molar-refractivity contribution in [2.45, 2.75) is 97.8 Å². The van der Waals surface area contributed by atoms with Crippen molar-refractivity contribution in [2.75, 3.05) is 10.2 Å². The zero-order chi connectivity index (χ0) is 34.9. The van der Waals surface area contributed by atoms with Crippen LogP contribution in [-0.2, 0) is 17.3 Å². The van der Waals surface area contributed by atoms with Gasteiger partial charge in [-0.1, -0.05) is 140 Å². The first kappa shape index (κ1) is 35.7. The first-order valence-electron chi connectivity index (χ1n) is 18.3. The van der Waals surface area contributed by atoms with Crippen molar-refractivity contribution >= 4 is 33.5 Å². The van der Waals surface area contributed by atoms with Gasteiger partial charge in [-0.05, 0) is 119 Å². The SMILES string of the molecule is C/C=C(\C=C/Cc1ccc(N(c2ccc(C(C)(C)CCC)cc2)c2ccc3ccccc3c2)cc1)Nc1ccc(C(C)(C)CCCC)cc1. The van der Waals surface area contributed by atoms with Crippen molar-refractivity contribution in [3.05, 3.63) is 156 Å². The Morgan fingerprint density at radius 2 is 1.20 bits per heavy atom. The largest absolute Gasteiger partial charge is 0.356 e.